The Hall–Kier alpha value is -3.35. The summed E-state index contributed by atoms with van der Waals surface area (Å²) in [6.07, 6.45) is 0.218. The van der Waals surface area contributed by atoms with Crippen LogP contribution in [0.3, 0.4) is 0 Å². The Morgan fingerprint density at radius 1 is 0.964 bits per heavy atom. The first kappa shape index (κ1) is 19.4. The molecule has 1 atom stereocenters. The zero-order valence-corrected chi connectivity index (χ0v) is 16.0. The molecule has 146 valence electrons. The van der Waals surface area contributed by atoms with Crippen LogP contribution in [0.1, 0.15) is 30.9 Å². The van der Waals surface area contributed by atoms with Crippen LogP contribution >= 0.6 is 0 Å². The number of methoxy groups -OCH3 is 2. The minimum absolute atomic E-state index is 0.253. The molecule has 0 radical (unpaired) electrons. The van der Waals surface area contributed by atoms with Crippen molar-refractivity contribution < 1.29 is 23.4 Å². The molecule has 0 unspecified atom stereocenters. The van der Waals surface area contributed by atoms with Crippen LogP contribution in [0.15, 0.2) is 52.9 Å². The number of aryl methyl sites for hydroxylation is 1. The average Bonchev–Trinajstić information content (AvgIpc) is 3.23. The molecule has 7 nitrogen and oxygen atoms in total. The SMILES string of the molecule is COc1ccc(CCC(=O)O[C@@H](C)c2nnc(-c3ccc(OC)cc3)o2)cc1. The molecule has 0 aliphatic rings. The molecule has 1 heterocycles. The fraction of sp³-hybridized carbons (Fsp3) is 0.286. The molecule has 0 spiro atoms. The number of aromatic nitrogens is 2. The maximum absolute atomic E-state index is 12.1. The van der Waals surface area contributed by atoms with Gasteiger partial charge < -0.3 is 18.6 Å². The van der Waals surface area contributed by atoms with E-state index in [1.54, 1.807) is 21.1 Å². The molecule has 0 fully saturated rings. The lowest BCUT2D eigenvalue weighted by molar-refractivity contribution is -0.149. The van der Waals surface area contributed by atoms with Crippen LogP contribution < -0.4 is 9.47 Å². The largest absolute Gasteiger partial charge is 0.497 e. The Balaban J connectivity index is 1.54. The van der Waals surface area contributed by atoms with Crippen LogP contribution in [0.2, 0.25) is 0 Å². The van der Waals surface area contributed by atoms with Crippen molar-refractivity contribution in [3.8, 4) is 23.0 Å². The molecule has 3 aromatic rings. The maximum Gasteiger partial charge on any atom is 0.306 e. The van der Waals surface area contributed by atoms with Gasteiger partial charge >= 0.3 is 5.97 Å². The number of ether oxygens (including phenoxy) is 3. The fourth-order valence-electron chi connectivity index (χ4n) is 2.59. The van der Waals surface area contributed by atoms with Gasteiger partial charge in [-0.25, -0.2) is 0 Å². The normalized spacial score (nSPS) is 11.7. The van der Waals surface area contributed by atoms with Crippen molar-refractivity contribution in [2.75, 3.05) is 14.2 Å². The Bertz CT molecular complexity index is 903. The Morgan fingerprint density at radius 3 is 2.18 bits per heavy atom. The quantitative estimate of drug-likeness (QED) is 0.545. The van der Waals surface area contributed by atoms with Gasteiger partial charge in [0, 0.05) is 12.0 Å². The van der Waals surface area contributed by atoms with Crippen molar-refractivity contribution in [2.45, 2.75) is 25.9 Å². The Labute approximate surface area is 163 Å². The van der Waals surface area contributed by atoms with E-state index in [9.17, 15) is 4.79 Å². The predicted octanol–water partition coefficient (Wildman–Crippen LogP) is 3.99. The van der Waals surface area contributed by atoms with E-state index in [0.29, 0.717) is 12.3 Å². The third-order valence-electron chi connectivity index (χ3n) is 4.21. The summed E-state index contributed by atoms with van der Waals surface area (Å²) in [6, 6.07) is 14.8. The second-order valence-electron chi connectivity index (χ2n) is 6.15. The van der Waals surface area contributed by atoms with Gasteiger partial charge in [0.2, 0.25) is 5.89 Å². The van der Waals surface area contributed by atoms with Crippen molar-refractivity contribution in [2.24, 2.45) is 0 Å². The lowest BCUT2D eigenvalue weighted by Crippen LogP contribution is -2.10. The number of nitrogens with zero attached hydrogens (tertiary/aromatic N) is 2. The molecular formula is C21H22N2O5. The van der Waals surface area contributed by atoms with Gasteiger partial charge in [-0.3, -0.25) is 4.79 Å². The second kappa shape index (κ2) is 9.03. The molecule has 0 saturated heterocycles. The van der Waals surface area contributed by atoms with E-state index in [2.05, 4.69) is 10.2 Å². The lowest BCUT2D eigenvalue weighted by Gasteiger charge is -2.09. The van der Waals surface area contributed by atoms with E-state index in [1.807, 2.05) is 48.5 Å². The summed E-state index contributed by atoms with van der Waals surface area (Å²) in [6.45, 7) is 1.70. The highest BCUT2D eigenvalue weighted by atomic mass is 16.6. The van der Waals surface area contributed by atoms with E-state index in [0.717, 1.165) is 22.6 Å². The van der Waals surface area contributed by atoms with Crippen LogP contribution in [0, 0.1) is 0 Å². The number of hydrogen-bond donors (Lipinski definition) is 0. The molecule has 7 heteroatoms. The molecule has 0 saturated carbocycles. The molecule has 0 N–H and O–H groups in total. The van der Waals surface area contributed by atoms with Crippen molar-refractivity contribution in [1.29, 1.82) is 0 Å². The number of carbonyl (C=O) groups is 1. The summed E-state index contributed by atoms with van der Waals surface area (Å²) in [7, 11) is 3.22. The Morgan fingerprint density at radius 2 is 1.57 bits per heavy atom. The predicted molar refractivity (Wildman–Crippen MR) is 102 cm³/mol. The van der Waals surface area contributed by atoms with Crippen molar-refractivity contribution in [3.05, 3.63) is 60.0 Å². The van der Waals surface area contributed by atoms with Gasteiger partial charge in [-0.05, 0) is 55.3 Å². The number of carbonyl (C=O) groups excluding carboxylic acids is 1. The summed E-state index contributed by atoms with van der Waals surface area (Å²) < 4.78 is 21.3. The van der Waals surface area contributed by atoms with Crippen LogP contribution in [0.4, 0.5) is 0 Å². The first-order valence-corrected chi connectivity index (χ1v) is 8.89. The van der Waals surface area contributed by atoms with E-state index in [4.69, 9.17) is 18.6 Å². The fourth-order valence-corrected chi connectivity index (χ4v) is 2.59. The van der Waals surface area contributed by atoms with Gasteiger partial charge in [-0.2, -0.15) is 0 Å². The van der Waals surface area contributed by atoms with Gasteiger partial charge in [-0.15, -0.1) is 10.2 Å². The van der Waals surface area contributed by atoms with Crippen LogP contribution in [-0.2, 0) is 16.0 Å². The second-order valence-corrected chi connectivity index (χ2v) is 6.15. The van der Waals surface area contributed by atoms with Crippen molar-refractivity contribution in [1.82, 2.24) is 10.2 Å². The number of benzene rings is 2. The van der Waals surface area contributed by atoms with Crippen LogP contribution in [0.25, 0.3) is 11.5 Å². The van der Waals surface area contributed by atoms with Crippen LogP contribution in [-0.4, -0.2) is 30.4 Å². The number of hydrogen-bond acceptors (Lipinski definition) is 7. The maximum atomic E-state index is 12.1. The monoisotopic (exact) mass is 382 g/mol. The number of esters is 1. The van der Waals surface area contributed by atoms with Gasteiger partial charge in [0.15, 0.2) is 6.10 Å². The smallest absolute Gasteiger partial charge is 0.306 e. The number of rotatable bonds is 8. The summed E-state index contributed by atoms with van der Waals surface area (Å²) in [5.41, 5.74) is 1.79. The zero-order chi connectivity index (χ0) is 19.9. The highest BCUT2D eigenvalue weighted by Crippen LogP contribution is 2.24. The average molecular weight is 382 g/mol. The molecule has 3 rings (SSSR count). The highest BCUT2D eigenvalue weighted by molar-refractivity contribution is 5.70. The van der Waals surface area contributed by atoms with Crippen molar-refractivity contribution >= 4 is 5.97 Å². The molecule has 0 aliphatic carbocycles. The topological polar surface area (TPSA) is 83.7 Å². The minimum atomic E-state index is -0.622. The van der Waals surface area contributed by atoms with Crippen molar-refractivity contribution in [3.63, 3.8) is 0 Å². The van der Waals surface area contributed by atoms with E-state index in [1.165, 1.54) is 0 Å². The minimum Gasteiger partial charge on any atom is -0.497 e. The molecular weight excluding hydrogens is 360 g/mol. The standard InChI is InChI=1S/C21H22N2O5/c1-14(27-19(24)13-6-15-4-9-17(25-2)10-5-15)20-22-23-21(28-20)16-7-11-18(26-3)12-8-16/h4-5,7-12,14H,6,13H2,1-3H3/t14-/m0/s1. The zero-order valence-electron chi connectivity index (χ0n) is 16.0. The third-order valence-corrected chi connectivity index (χ3v) is 4.21. The highest BCUT2D eigenvalue weighted by Gasteiger charge is 2.19. The van der Waals surface area contributed by atoms with Gasteiger partial charge in [0.25, 0.3) is 5.89 Å². The Kier molecular flexibility index (Phi) is 6.26. The first-order valence-electron chi connectivity index (χ1n) is 8.89. The van der Waals surface area contributed by atoms with Gasteiger partial charge in [0.1, 0.15) is 11.5 Å². The molecule has 0 amide bonds. The third kappa shape index (κ3) is 4.88. The molecule has 28 heavy (non-hydrogen) atoms. The van der Waals surface area contributed by atoms with Gasteiger partial charge in [0.05, 0.1) is 14.2 Å². The van der Waals surface area contributed by atoms with Crippen LogP contribution in [0.5, 0.6) is 11.5 Å². The summed E-state index contributed by atoms with van der Waals surface area (Å²) >= 11 is 0. The summed E-state index contributed by atoms with van der Waals surface area (Å²) in [4.78, 5) is 12.1. The summed E-state index contributed by atoms with van der Waals surface area (Å²) in [5, 5.41) is 8.01. The summed E-state index contributed by atoms with van der Waals surface area (Å²) in [5.74, 6) is 1.81. The molecule has 0 aliphatic heterocycles. The first-order chi connectivity index (χ1) is 13.6. The molecule has 2 aromatic carbocycles. The van der Waals surface area contributed by atoms with E-state index >= 15 is 0 Å². The van der Waals surface area contributed by atoms with Gasteiger partial charge in [-0.1, -0.05) is 12.1 Å². The molecule has 1 aromatic heterocycles. The molecule has 0 bridgehead atoms. The van der Waals surface area contributed by atoms with E-state index < -0.39 is 6.10 Å². The lowest BCUT2D eigenvalue weighted by atomic mass is 10.1. The van der Waals surface area contributed by atoms with E-state index in [-0.39, 0.29) is 18.3 Å².